The molecule has 3 fully saturated rings. The monoisotopic (exact) mass is 669 g/mol. The lowest BCUT2D eigenvalue weighted by Gasteiger charge is -2.37. The summed E-state index contributed by atoms with van der Waals surface area (Å²) in [4.78, 5) is 78.1. The van der Waals surface area contributed by atoms with E-state index in [0.717, 1.165) is 33.0 Å². The van der Waals surface area contributed by atoms with Crippen LogP contribution < -0.4 is 4.74 Å². The molecule has 45 heavy (non-hydrogen) atoms. The summed E-state index contributed by atoms with van der Waals surface area (Å²) < 4.78 is 6.20. The number of hydrazine groups is 1. The standard InChI is InChI=1S/C33H24BrN3O8/c34-20-7-1-19(2-8-20)33(42)45-22-11-5-17(6-12-22)27(38)16-35(30(39)18-3-9-21(10-4-18)37(43)44)36-31(40)28-23-13-14-24(26-15-25(23)26)29(28)32(36)41/h1-14,23-26,28-29H,15-16H2/t23-,24-,25-,26-,28+,29+/m0/s1. The first kappa shape index (κ1) is 28.8. The third-order valence-electron chi connectivity index (χ3n) is 9.20. The summed E-state index contributed by atoms with van der Waals surface area (Å²) in [6.07, 6.45) is 4.98. The van der Waals surface area contributed by atoms with Crippen molar-refractivity contribution in [2.24, 2.45) is 35.5 Å². The van der Waals surface area contributed by atoms with Crippen LogP contribution in [0.5, 0.6) is 5.75 Å². The van der Waals surface area contributed by atoms with Crippen LogP contribution in [0.4, 0.5) is 5.69 Å². The Kier molecular flexibility index (Phi) is 6.96. The Balaban J connectivity index is 1.14. The number of rotatable bonds is 8. The molecule has 3 aromatic carbocycles. The molecular weight excluding hydrogens is 646 g/mol. The molecule has 6 atom stereocenters. The Morgan fingerprint density at radius 3 is 1.91 bits per heavy atom. The molecule has 226 valence electrons. The second-order valence-corrected chi connectivity index (χ2v) is 12.6. The van der Waals surface area contributed by atoms with Gasteiger partial charge in [0.25, 0.3) is 23.4 Å². The number of nitrogens with zero attached hydrogens (tertiary/aromatic N) is 3. The lowest BCUT2D eigenvalue weighted by molar-refractivity contribution is -0.384. The predicted molar refractivity (Wildman–Crippen MR) is 161 cm³/mol. The summed E-state index contributed by atoms with van der Waals surface area (Å²) in [7, 11) is 0. The Hall–Kier alpha value is -4.97. The van der Waals surface area contributed by atoms with Gasteiger partial charge in [0.15, 0.2) is 5.78 Å². The molecule has 1 heterocycles. The van der Waals surface area contributed by atoms with Crippen molar-refractivity contribution in [3.05, 3.63) is 116 Å². The number of hydrogen-bond donors (Lipinski definition) is 0. The van der Waals surface area contributed by atoms with Crippen molar-refractivity contribution < 1.29 is 33.6 Å². The van der Waals surface area contributed by atoms with Crippen LogP contribution in [0.25, 0.3) is 0 Å². The number of carbonyl (C=O) groups excluding carboxylic acids is 5. The minimum atomic E-state index is -0.816. The van der Waals surface area contributed by atoms with E-state index in [-0.39, 0.29) is 34.4 Å². The lowest BCUT2D eigenvalue weighted by atomic mass is 9.63. The van der Waals surface area contributed by atoms with Gasteiger partial charge in [-0.2, -0.15) is 5.01 Å². The number of esters is 1. The molecule has 4 aliphatic carbocycles. The molecule has 3 aromatic rings. The summed E-state index contributed by atoms with van der Waals surface area (Å²) in [5.41, 5.74) is 0.221. The molecule has 8 rings (SSSR count). The number of hydrogen-bond acceptors (Lipinski definition) is 8. The summed E-state index contributed by atoms with van der Waals surface area (Å²) in [6, 6.07) is 17.1. The fraction of sp³-hybridized carbons (Fsp3) is 0.242. The van der Waals surface area contributed by atoms with Crippen LogP contribution in [-0.4, -0.2) is 51.0 Å². The number of nitro benzene ring substituents is 1. The summed E-state index contributed by atoms with van der Waals surface area (Å²) in [5.74, 6) is -3.53. The van der Waals surface area contributed by atoms with Crippen LogP contribution >= 0.6 is 15.9 Å². The zero-order valence-corrected chi connectivity index (χ0v) is 25.0. The van der Waals surface area contributed by atoms with E-state index >= 15 is 0 Å². The van der Waals surface area contributed by atoms with E-state index in [2.05, 4.69) is 15.9 Å². The molecule has 1 aliphatic heterocycles. The SMILES string of the molecule is O=C(CN(C(=O)c1ccc([N+](=O)[O-])cc1)N1C(=O)[C@@H]2[C@H]3C=C[C@@H]([C@@H]4C[C@@H]34)[C@H]2C1=O)c1ccc(OC(=O)c2ccc(Br)cc2)cc1. The van der Waals surface area contributed by atoms with Gasteiger partial charge in [0.2, 0.25) is 0 Å². The first-order chi connectivity index (χ1) is 21.6. The molecule has 0 unspecified atom stereocenters. The Bertz CT molecular complexity index is 1770. The molecule has 0 aromatic heterocycles. The molecule has 11 nitrogen and oxygen atoms in total. The van der Waals surface area contributed by atoms with Gasteiger partial charge in [-0.15, -0.1) is 0 Å². The maximum Gasteiger partial charge on any atom is 0.343 e. The first-order valence-corrected chi connectivity index (χ1v) is 15.1. The highest BCUT2D eigenvalue weighted by molar-refractivity contribution is 9.10. The minimum absolute atomic E-state index is 0.0250. The Labute approximate surface area is 264 Å². The van der Waals surface area contributed by atoms with E-state index < -0.39 is 52.8 Å². The minimum Gasteiger partial charge on any atom is -0.423 e. The Morgan fingerprint density at radius 1 is 0.822 bits per heavy atom. The van der Waals surface area contributed by atoms with Crippen molar-refractivity contribution in [3.8, 4) is 5.75 Å². The van der Waals surface area contributed by atoms with Crippen LogP contribution in [0, 0.1) is 45.6 Å². The van der Waals surface area contributed by atoms with Crippen LogP contribution in [0.1, 0.15) is 37.5 Å². The molecular formula is C33H24BrN3O8. The highest BCUT2D eigenvalue weighted by Crippen LogP contribution is 2.65. The van der Waals surface area contributed by atoms with Gasteiger partial charge in [-0.25, -0.2) is 9.80 Å². The first-order valence-electron chi connectivity index (χ1n) is 14.4. The lowest BCUT2D eigenvalue weighted by Crippen LogP contribution is -2.52. The molecule has 2 saturated carbocycles. The third kappa shape index (κ3) is 4.95. The van der Waals surface area contributed by atoms with Gasteiger partial charge in [0.1, 0.15) is 12.3 Å². The van der Waals surface area contributed by atoms with E-state index in [1.807, 2.05) is 12.2 Å². The van der Waals surface area contributed by atoms with Gasteiger partial charge in [-0.3, -0.25) is 29.3 Å². The molecule has 3 amide bonds. The summed E-state index contributed by atoms with van der Waals surface area (Å²) >= 11 is 3.31. The number of imide groups is 1. The number of amides is 3. The molecule has 12 heteroatoms. The fourth-order valence-corrected chi connectivity index (χ4v) is 7.24. The van der Waals surface area contributed by atoms with E-state index in [1.54, 1.807) is 24.3 Å². The number of carbonyl (C=O) groups is 5. The van der Waals surface area contributed by atoms with Crippen molar-refractivity contribution in [1.82, 2.24) is 10.0 Å². The number of nitro groups is 1. The van der Waals surface area contributed by atoms with E-state index in [4.69, 9.17) is 4.74 Å². The van der Waals surface area contributed by atoms with Crippen molar-refractivity contribution in [1.29, 1.82) is 0 Å². The number of ether oxygens (including phenoxy) is 1. The van der Waals surface area contributed by atoms with Gasteiger partial charge in [0, 0.05) is 27.7 Å². The zero-order valence-electron chi connectivity index (χ0n) is 23.4. The van der Waals surface area contributed by atoms with Crippen molar-refractivity contribution in [3.63, 3.8) is 0 Å². The molecule has 0 radical (unpaired) electrons. The molecule has 0 N–H and O–H groups in total. The van der Waals surface area contributed by atoms with Crippen molar-refractivity contribution in [2.45, 2.75) is 6.42 Å². The topological polar surface area (TPSA) is 144 Å². The second kappa shape index (κ2) is 10.9. The normalized spacial score (nSPS) is 25.4. The van der Waals surface area contributed by atoms with Crippen molar-refractivity contribution >= 4 is 51.1 Å². The number of non-ortho nitro benzene ring substituents is 1. The smallest absolute Gasteiger partial charge is 0.343 e. The quantitative estimate of drug-likeness (QED) is 0.0628. The molecule has 0 spiro atoms. The number of halogens is 1. The van der Waals surface area contributed by atoms with Gasteiger partial charge in [0.05, 0.1) is 22.3 Å². The van der Waals surface area contributed by atoms with Crippen LogP contribution in [0.15, 0.2) is 89.4 Å². The van der Waals surface area contributed by atoms with Crippen molar-refractivity contribution in [2.75, 3.05) is 6.54 Å². The number of benzene rings is 3. The largest absolute Gasteiger partial charge is 0.423 e. The molecule has 5 aliphatic rings. The van der Waals surface area contributed by atoms with E-state index in [1.165, 1.54) is 36.4 Å². The third-order valence-corrected chi connectivity index (χ3v) is 9.73. The fourth-order valence-electron chi connectivity index (χ4n) is 6.98. The summed E-state index contributed by atoms with van der Waals surface area (Å²) in [6.45, 7) is -0.639. The van der Waals surface area contributed by atoms with Crippen LogP contribution in [0.3, 0.4) is 0 Å². The number of ketones is 1. The van der Waals surface area contributed by atoms with Crippen LogP contribution in [-0.2, 0) is 9.59 Å². The predicted octanol–water partition coefficient (Wildman–Crippen LogP) is 4.87. The van der Waals surface area contributed by atoms with Gasteiger partial charge < -0.3 is 4.74 Å². The van der Waals surface area contributed by atoms with Gasteiger partial charge in [-0.1, -0.05) is 28.1 Å². The Morgan fingerprint density at radius 2 is 1.36 bits per heavy atom. The van der Waals surface area contributed by atoms with Gasteiger partial charge in [-0.05, 0) is 90.8 Å². The van der Waals surface area contributed by atoms with Gasteiger partial charge >= 0.3 is 5.97 Å². The van der Waals surface area contributed by atoms with Crippen LogP contribution in [0.2, 0.25) is 0 Å². The maximum absolute atomic E-state index is 13.9. The van der Waals surface area contributed by atoms with E-state index in [0.29, 0.717) is 17.4 Å². The van der Waals surface area contributed by atoms with E-state index in [9.17, 15) is 34.1 Å². The number of Topliss-reactive ketones (excluding diaryl/α,β-unsaturated/α-hetero) is 1. The highest BCUT2D eigenvalue weighted by Gasteiger charge is 2.68. The maximum atomic E-state index is 13.9. The average molecular weight is 670 g/mol. The highest BCUT2D eigenvalue weighted by atomic mass is 79.9. The summed E-state index contributed by atoms with van der Waals surface area (Å²) in [5, 5.41) is 12.8. The second-order valence-electron chi connectivity index (χ2n) is 11.7. The molecule has 2 bridgehead atoms. The zero-order chi connectivity index (χ0) is 31.6. The number of allylic oxidation sites excluding steroid dienone is 2. The molecule has 1 saturated heterocycles. The average Bonchev–Trinajstić information content (AvgIpc) is 3.83.